The SMILES string of the molecule is C1=CC(c2ccccc2)Cc2c1n(-c1ccc(-c3ccc(-n4c5ccccc5c5ccccc54)cc3)cc1)c1cc3c(cc21)sc1ccccc13. The van der Waals surface area contributed by atoms with Gasteiger partial charge in [-0.25, -0.2) is 0 Å². The summed E-state index contributed by atoms with van der Waals surface area (Å²) in [7, 11) is 0. The Bertz CT molecular complexity index is 2920. The van der Waals surface area contributed by atoms with Crippen molar-refractivity contribution in [2.45, 2.75) is 12.3 Å². The first-order valence-corrected chi connectivity index (χ1v) is 18.5. The normalized spacial score (nSPS) is 14.3. The van der Waals surface area contributed by atoms with Crippen molar-refractivity contribution < 1.29 is 0 Å². The third-order valence-corrected chi connectivity index (χ3v) is 12.0. The average Bonchev–Trinajstić information content (AvgIpc) is 3.84. The van der Waals surface area contributed by atoms with Gasteiger partial charge in [-0.05, 0) is 89.3 Å². The van der Waals surface area contributed by atoms with Crippen LogP contribution in [0.25, 0.3) is 81.5 Å². The van der Waals surface area contributed by atoms with E-state index >= 15 is 0 Å². The van der Waals surface area contributed by atoms with Crippen LogP contribution in [0.4, 0.5) is 0 Å². The zero-order chi connectivity index (χ0) is 33.5. The number of thiophene rings is 1. The van der Waals surface area contributed by atoms with Crippen molar-refractivity contribution in [1.29, 1.82) is 0 Å². The lowest BCUT2D eigenvalue weighted by atomic mass is 9.86. The lowest BCUT2D eigenvalue weighted by Crippen LogP contribution is -2.07. The molecule has 0 spiro atoms. The highest BCUT2D eigenvalue weighted by Crippen LogP contribution is 2.43. The van der Waals surface area contributed by atoms with Crippen LogP contribution in [0.15, 0.2) is 170 Å². The maximum atomic E-state index is 2.49. The maximum Gasteiger partial charge on any atom is 0.0544 e. The summed E-state index contributed by atoms with van der Waals surface area (Å²) in [6, 6.07) is 60.2. The van der Waals surface area contributed by atoms with Crippen LogP contribution in [0.1, 0.15) is 22.7 Å². The molecule has 1 aliphatic rings. The Balaban J connectivity index is 1.01. The number of benzene rings is 7. The second kappa shape index (κ2) is 11.2. The second-order valence-electron chi connectivity index (χ2n) is 13.7. The molecule has 0 saturated carbocycles. The van der Waals surface area contributed by atoms with Gasteiger partial charge in [0.15, 0.2) is 0 Å². The summed E-state index contributed by atoms with van der Waals surface area (Å²) in [5.74, 6) is 0.365. The smallest absolute Gasteiger partial charge is 0.0544 e. The Kier molecular flexibility index (Phi) is 6.28. The van der Waals surface area contributed by atoms with E-state index in [1.165, 1.54) is 92.2 Å². The van der Waals surface area contributed by atoms with E-state index in [1.54, 1.807) is 0 Å². The minimum absolute atomic E-state index is 0.365. The molecule has 0 bridgehead atoms. The van der Waals surface area contributed by atoms with Crippen LogP contribution in [-0.2, 0) is 6.42 Å². The van der Waals surface area contributed by atoms with Crippen LogP contribution < -0.4 is 0 Å². The van der Waals surface area contributed by atoms with E-state index in [0.29, 0.717) is 5.92 Å². The highest BCUT2D eigenvalue weighted by molar-refractivity contribution is 7.25. The molecule has 0 aliphatic heterocycles. The van der Waals surface area contributed by atoms with E-state index in [2.05, 4.69) is 185 Å². The zero-order valence-corrected chi connectivity index (χ0v) is 28.6. The number of para-hydroxylation sites is 2. The van der Waals surface area contributed by atoms with Crippen molar-refractivity contribution in [3.05, 3.63) is 187 Å². The van der Waals surface area contributed by atoms with Crippen molar-refractivity contribution in [3.8, 4) is 22.5 Å². The molecule has 0 radical (unpaired) electrons. The predicted molar refractivity (Wildman–Crippen MR) is 218 cm³/mol. The molecular weight excluding hydrogens is 637 g/mol. The molecule has 51 heavy (non-hydrogen) atoms. The van der Waals surface area contributed by atoms with Crippen LogP contribution in [0.2, 0.25) is 0 Å². The van der Waals surface area contributed by atoms with Gasteiger partial charge in [-0.15, -0.1) is 11.3 Å². The average molecular weight is 669 g/mol. The molecule has 0 N–H and O–H groups in total. The third-order valence-electron chi connectivity index (χ3n) is 10.9. The van der Waals surface area contributed by atoms with E-state index in [1.807, 2.05) is 11.3 Å². The number of hydrogen-bond donors (Lipinski definition) is 0. The van der Waals surface area contributed by atoms with E-state index in [-0.39, 0.29) is 0 Å². The van der Waals surface area contributed by atoms with Crippen LogP contribution in [-0.4, -0.2) is 9.13 Å². The van der Waals surface area contributed by atoms with Crippen molar-refractivity contribution >= 4 is 70.3 Å². The van der Waals surface area contributed by atoms with E-state index in [9.17, 15) is 0 Å². The molecule has 3 heteroatoms. The van der Waals surface area contributed by atoms with Crippen molar-refractivity contribution in [3.63, 3.8) is 0 Å². The first-order chi connectivity index (χ1) is 25.3. The summed E-state index contributed by atoms with van der Waals surface area (Å²) in [6.45, 7) is 0. The quantitative estimate of drug-likeness (QED) is 0.177. The molecule has 240 valence electrons. The van der Waals surface area contributed by atoms with Gasteiger partial charge in [0.2, 0.25) is 0 Å². The zero-order valence-electron chi connectivity index (χ0n) is 27.8. The molecule has 0 amide bonds. The number of fused-ring (bicyclic) bond motifs is 9. The van der Waals surface area contributed by atoms with Crippen molar-refractivity contribution in [1.82, 2.24) is 9.13 Å². The molecule has 1 atom stereocenters. The first-order valence-electron chi connectivity index (χ1n) is 17.7. The Hall–Kier alpha value is -6.16. The number of nitrogens with zero attached hydrogens (tertiary/aromatic N) is 2. The molecule has 0 fully saturated rings. The van der Waals surface area contributed by atoms with Gasteiger partial charge in [0.25, 0.3) is 0 Å². The summed E-state index contributed by atoms with van der Waals surface area (Å²) in [4.78, 5) is 0. The minimum Gasteiger partial charge on any atom is -0.310 e. The fraction of sp³-hybridized carbons (Fsp3) is 0.0417. The topological polar surface area (TPSA) is 9.86 Å². The van der Waals surface area contributed by atoms with Gasteiger partial charge in [-0.3, -0.25) is 0 Å². The van der Waals surface area contributed by atoms with Gasteiger partial charge in [0.1, 0.15) is 0 Å². The van der Waals surface area contributed by atoms with Gasteiger partial charge >= 0.3 is 0 Å². The lowest BCUT2D eigenvalue weighted by molar-refractivity contribution is 0.825. The van der Waals surface area contributed by atoms with Gasteiger partial charge in [-0.2, -0.15) is 0 Å². The molecule has 1 unspecified atom stereocenters. The summed E-state index contributed by atoms with van der Waals surface area (Å²) < 4.78 is 7.57. The Morgan fingerprint density at radius 2 is 1.04 bits per heavy atom. The first kappa shape index (κ1) is 28.7. The Morgan fingerprint density at radius 1 is 0.451 bits per heavy atom. The fourth-order valence-corrected chi connectivity index (χ4v) is 9.62. The van der Waals surface area contributed by atoms with Crippen LogP contribution in [0, 0.1) is 0 Å². The molecule has 0 saturated heterocycles. The molecule has 2 nitrogen and oxygen atoms in total. The molecule has 1 aliphatic carbocycles. The molecule has 11 rings (SSSR count). The second-order valence-corrected chi connectivity index (χ2v) is 14.8. The lowest BCUT2D eigenvalue weighted by Gasteiger charge is -2.19. The van der Waals surface area contributed by atoms with Crippen molar-refractivity contribution in [2.75, 3.05) is 0 Å². The number of aromatic nitrogens is 2. The third kappa shape index (κ3) is 4.42. The van der Waals surface area contributed by atoms with Gasteiger partial charge in [0.05, 0.1) is 16.6 Å². The van der Waals surface area contributed by atoms with E-state index < -0.39 is 0 Å². The Morgan fingerprint density at radius 3 is 1.73 bits per heavy atom. The van der Waals surface area contributed by atoms with E-state index in [0.717, 1.165) is 6.42 Å². The van der Waals surface area contributed by atoms with Gasteiger partial charge < -0.3 is 9.13 Å². The fourth-order valence-electron chi connectivity index (χ4n) is 8.49. The highest BCUT2D eigenvalue weighted by Gasteiger charge is 2.25. The Labute approximate surface area is 299 Å². The standard InChI is InChI=1S/C48H32N2S/c1-2-10-31(11-3-1)34-22-27-45-40(28-34)41-30-48-42(39-14-6-9-17-47(39)51-48)29-46(41)50(45)36-25-20-33(21-26-36)32-18-23-35(24-19-32)49-43-15-7-4-12-37(43)38-13-5-8-16-44(38)49/h1-27,29-30,34H,28H2. The number of allylic oxidation sites excluding steroid dienone is 1. The summed E-state index contributed by atoms with van der Waals surface area (Å²) in [5, 5.41) is 6.60. The van der Waals surface area contributed by atoms with Crippen LogP contribution >= 0.6 is 11.3 Å². The monoisotopic (exact) mass is 668 g/mol. The van der Waals surface area contributed by atoms with Gasteiger partial charge in [0, 0.05) is 59.3 Å². The van der Waals surface area contributed by atoms with E-state index in [4.69, 9.17) is 0 Å². The number of rotatable bonds is 4. The van der Waals surface area contributed by atoms with Crippen molar-refractivity contribution in [2.24, 2.45) is 0 Å². The van der Waals surface area contributed by atoms with Crippen LogP contribution in [0.5, 0.6) is 0 Å². The molecule has 3 aromatic heterocycles. The molecule has 7 aromatic carbocycles. The molecular formula is C48H32N2S. The summed E-state index contributed by atoms with van der Waals surface area (Å²) in [6.07, 6.45) is 5.76. The highest BCUT2D eigenvalue weighted by atomic mass is 32.1. The summed E-state index contributed by atoms with van der Waals surface area (Å²) in [5.41, 5.74) is 12.6. The largest absolute Gasteiger partial charge is 0.310 e. The predicted octanol–water partition coefficient (Wildman–Crippen LogP) is 13.1. The molecule has 10 aromatic rings. The minimum atomic E-state index is 0.365. The number of hydrogen-bond acceptors (Lipinski definition) is 1. The maximum absolute atomic E-state index is 2.49. The summed E-state index contributed by atoms with van der Waals surface area (Å²) >= 11 is 1.90. The molecule has 3 heterocycles. The van der Waals surface area contributed by atoms with Crippen LogP contribution in [0.3, 0.4) is 0 Å². The van der Waals surface area contributed by atoms with Gasteiger partial charge in [-0.1, -0.05) is 115 Å².